The molecule has 4 rings (SSSR count). The number of imidazole rings is 1. The van der Waals surface area contributed by atoms with E-state index in [9.17, 15) is 4.79 Å². The molecule has 28 heavy (non-hydrogen) atoms. The van der Waals surface area contributed by atoms with E-state index in [0.29, 0.717) is 12.1 Å². The summed E-state index contributed by atoms with van der Waals surface area (Å²) >= 11 is 0. The summed E-state index contributed by atoms with van der Waals surface area (Å²) in [5.74, 6) is 0.869. The van der Waals surface area contributed by atoms with Crippen LogP contribution in [0.5, 0.6) is 0 Å². The standard InChI is InChI=1S/C22H23N5O/c1-15(2)20(21-24-18-6-3-4-7-19(18)25-21)26-22(28)17-10-8-16(9-11-17)14-27-13-5-12-23-27/h3-13,15,20H,14H2,1-2H3,(H,24,25)(H,26,28). The monoisotopic (exact) mass is 373 g/mol. The zero-order chi connectivity index (χ0) is 19.5. The summed E-state index contributed by atoms with van der Waals surface area (Å²) in [6.45, 7) is 4.83. The van der Waals surface area contributed by atoms with Crippen molar-refractivity contribution >= 4 is 16.9 Å². The maximum atomic E-state index is 12.8. The summed E-state index contributed by atoms with van der Waals surface area (Å²) in [4.78, 5) is 20.8. The maximum absolute atomic E-state index is 12.8. The molecule has 1 amide bonds. The second-order valence-corrected chi connectivity index (χ2v) is 7.23. The first-order valence-electron chi connectivity index (χ1n) is 9.42. The minimum Gasteiger partial charge on any atom is -0.342 e. The average molecular weight is 373 g/mol. The van der Waals surface area contributed by atoms with E-state index in [2.05, 4.69) is 34.2 Å². The number of benzene rings is 2. The molecule has 2 aromatic heterocycles. The number of carbonyl (C=O) groups is 1. The number of nitrogens with zero attached hydrogens (tertiary/aromatic N) is 3. The third-order valence-electron chi connectivity index (χ3n) is 4.78. The molecule has 2 aromatic carbocycles. The molecule has 2 heterocycles. The summed E-state index contributed by atoms with van der Waals surface area (Å²) in [5, 5.41) is 7.33. The van der Waals surface area contributed by atoms with E-state index in [1.165, 1.54) is 0 Å². The smallest absolute Gasteiger partial charge is 0.251 e. The van der Waals surface area contributed by atoms with Crippen molar-refractivity contribution in [2.24, 2.45) is 5.92 Å². The molecule has 142 valence electrons. The fourth-order valence-electron chi connectivity index (χ4n) is 3.24. The third-order valence-corrected chi connectivity index (χ3v) is 4.78. The Hall–Kier alpha value is -3.41. The van der Waals surface area contributed by atoms with Crippen LogP contribution in [0.4, 0.5) is 0 Å². The number of carbonyl (C=O) groups excluding carboxylic acids is 1. The Morgan fingerprint density at radius 3 is 2.57 bits per heavy atom. The third kappa shape index (κ3) is 3.81. The Labute approximate surface area is 163 Å². The molecule has 0 aliphatic rings. The van der Waals surface area contributed by atoms with Gasteiger partial charge in [0.15, 0.2) is 0 Å². The average Bonchev–Trinajstić information content (AvgIpc) is 3.35. The Morgan fingerprint density at radius 1 is 1.11 bits per heavy atom. The molecule has 0 aliphatic carbocycles. The number of aromatic nitrogens is 4. The number of aromatic amines is 1. The highest BCUT2D eigenvalue weighted by atomic mass is 16.1. The van der Waals surface area contributed by atoms with E-state index in [-0.39, 0.29) is 17.9 Å². The SMILES string of the molecule is CC(C)C(NC(=O)c1ccc(Cn2cccn2)cc1)c1nc2ccccc2[nH]1. The normalized spacial score (nSPS) is 12.4. The fraction of sp³-hybridized carbons (Fsp3) is 0.227. The number of hydrogen-bond donors (Lipinski definition) is 2. The fourth-order valence-corrected chi connectivity index (χ4v) is 3.24. The van der Waals surface area contributed by atoms with Gasteiger partial charge in [-0.05, 0) is 41.8 Å². The summed E-state index contributed by atoms with van der Waals surface area (Å²) in [6, 6.07) is 17.2. The zero-order valence-electron chi connectivity index (χ0n) is 16.0. The van der Waals surface area contributed by atoms with Gasteiger partial charge in [0.1, 0.15) is 5.82 Å². The first-order chi connectivity index (χ1) is 13.6. The van der Waals surface area contributed by atoms with Gasteiger partial charge in [0.2, 0.25) is 0 Å². The van der Waals surface area contributed by atoms with Crippen molar-refractivity contribution in [1.82, 2.24) is 25.1 Å². The highest BCUT2D eigenvalue weighted by Crippen LogP contribution is 2.22. The first-order valence-corrected chi connectivity index (χ1v) is 9.42. The molecule has 2 N–H and O–H groups in total. The minimum atomic E-state index is -0.191. The molecule has 0 aliphatic heterocycles. The number of amides is 1. The Bertz CT molecular complexity index is 1030. The van der Waals surface area contributed by atoms with Gasteiger partial charge in [-0.3, -0.25) is 9.48 Å². The topological polar surface area (TPSA) is 75.6 Å². The van der Waals surface area contributed by atoms with Gasteiger partial charge in [-0.1, -0.05) is 38.1 Å². The van der Waals surface area contributed by atoms with Crippen LogP contribution in [-0.4, -0.2) is 25.7 Å². The van der Waals surface area contributed by atoms with Crippen LogP contribution < -0.4 is 5.32 Å². The molecule has 0 radical (unpaired) electrons. The summed E-state index contributed by atoms with van der Waals surface area (Å²) < 4.78 is 1.85. The van der Waals surface area contributed by atoms with Crippen LogP contribution in [0.1, 0.15) is 41.6 Å². The molecule has 1 unspecified atom stereocenters. The van der Waals surface area contributed by atoms with E-state index in [1.54, 1.807) is 6.20 Å². The second kappa shape index (κ2) is 7.68. The molecular formula is C22H23N5O. The number of H-pyrrole nitrogens is 1. The molecule has 6 heteroatoms. The largest absolute Gasteiger partial charge is 0.342 e. The Kier molecular flexibility index (Phi) is 4.93. The lowest BCUT2D eigenvalue weighted by Gasteiger charge is -2.20. The first kappa shape index (κ1) is 18.0. The minimum absolute atomic E-state index is 0.107. The van der Waals surface area contributed by atoms with Gasteiger partial charge in [-0.25, -0.2) is 4.98 Å². The molecule has 4 aromatic rings. The number of nitrogens with one attached hydrogen (secondary N) is 2. The number of fused-ring (bicyclic) bond motifs is 1. The van der Waals surface area contributed by atoms with Crippen molar-refractivity contribution in [3.05, 3.63) is 83.9 Å². The number of rotatable bonds is 6. The van der Waals surface area contributed by atoms with Crippen LogP contribution in [0.25, 0.3) is 11.0 Å². The van der Waals surface area contributed by atoms with Crippen molar-refractivity contribution in [3.63, 3.8) is 0 Å². The van der Waals surface area contributed by atoms with E-state index in [0.717, 1.165) is 22.4 Å². The lowest BCUT2D eigenvalue weighted by atomic mass is 10.0. The van der Waals surface area contributed by atoms with Gasteiger partial charge < -0.3 is 10.3 Å². The predicted octanol–water partition coefficient (Wildman–Crippen LogP) is 3.93. The number of hydrogen-bond acceptors (Lipinski definition) is 3. The van der Waals surface area contributed by atoms with Gasteiger partial charge in [0, 0.05) is 18.0 Å². The highest BCUT2D eigenvalue weighted by Gasteiger charge is 2.22. The molecule has 0 spiro atoms. The van der Waals surface area contributed by atoms with E-state index in [1.807, 2.05) is 65.5 Å². The summed E-state index contributed by atoms with van der Waals surface area (Å²) in [6.07, 6.45) is 3.67. The van der Waals surface area contributed by atoms with Gasteiger partial charge >= 0.3 is 0 Å². The number of para-hydroxylation sites is 2. The Morgan fingerprint density at radius 2 is 1.89 bits per heavy atom. The predicted molar refractivity (Wildman–Crippen MR) is 109 cm³/mol. The van der Waals surface area contributed by atoms with Crippen molar-refractivity contribution < 1.29 is 4.79 Å². The van der Waals surface area contributed by atoms with Crippen LogP contribution in [0.15, 0.2) is 67.0 Å². The van der Waals surface area contributed by atoms with E-state index in [4.69, 9.17) is 0 Å². The van der Waals surface area contributed by atoms with Gasteiger partial charge in [-0.15, -0.1) is 0 Å². The Balaban J connectivity index is 1.50. The zero-order valence-corrected chi connectivity index (χ0v) is 16.0. The molecule has 0 bridgehead atoms. The van der Waals surface area contributed by atoms with Crippen LogP contribution in [0, 0.1) is 5.92 Å². The quantitative estimate of drug-likeness (QED) is 0.538. The van der Waals surface area contributed by atoms with Crippen LogP contribution in [-0.2, 0) is 6.54 Å². The van der Waals surface area contributed by atoms with Crippen LogP contribution in [0.2, 0.25) is 0 Å². The molecule has 0 saturated carbocycles. The summed E-state index contributed by atoms with van der Waals surface area (Å²) in [7, 11) is 0. The van der Waals surface area contributed by atoms with E-state index < -0.39 is 0 Å². The summed E-state index contributed by atoms with van der Waals surface area (Å²) in [5.41, 5.74) is 3.60. The van der Waals surface area contributed by atoms with Gasteiger partial charge in [-0.2, -0.15) is 5.10 Å². The molecule has 0 saturated heterocycles. The van der Waals surface area contributed by atoms with Crippen LogP contribution in [0.3, 0.4) is 0 Å². The van der Waals surface area contributed by atoms with Crippen molar-refractivity contribution in [2.75, 3.05) is 0 Å². The van der Waals surface area contributed by atoms with Crippen molar-refractivity contribution in [3.8, 4) is 0 Å². The van der Waals surface area contributed by atoms with Crippen molar-refractivity contribution in [1.29, 1.82) is 0 Å². The lowest BCUT2D eigenvalue weighted by molar-refractivity contribution is 0.0923. The van der Waals surface area contributed by atoms with E-state index >= 15 is 0 Å². The van der Waals surface area contributed by atoms with Gasteiger partial charge in [0.25, 0.3) is 5.91 Å². The second-order valence-electron chi connectivity index (χ2n) is 7.23. The molecular weight excluding hydrogens is 350 g/mol. The van der Waals surface area contributed by atoms with Crippen LogP contribution >= 0.6 is 0 Å². The van der Waals surface area contributed by atoms with Gasteiger partial charge in [0.05, 0.1) is 23.6 Å². The molecule has 0 fully saturated rings. The van der Waals surface area contributed by atoms with Crippen molar-refractivity contribution in [2.45, 2.75) is 26.4 Å². The highest BCUT2D eigenvalue weighted by molar-refractivity contribution is 5.94. The lowest BCUT2D eigenvalue weighted by Crippen LogP contribution is -2.32. The maximum Gasteiger partial charge on any atom is 0.251 e. The molecule has 6 nitrogen and oxygen atoms in total. The molecule has 1 atom stereocenters.